The zero-order valence-electron chi connectivity index (χ0n) is 14.6. The number of aromatic nitrogens is 1. The third-order valence-electron chi connectivity index (χ3n) is 4.64. The van der Waals surface area contributed by atoms with Gasteiger partial charge in [-0.1, -0.05) is 18.7 Å². The van der Waals surface area contributed by atoms with E-state index in [-0.39, 0.29) is 34.7 Å². The molecule has 1 saturated heterocycles. The van der Waals surface area contributed by atoms with E-state index in [9.17, 15) is 14.7 Å². The van der Waals surface area contributed by atoms with Gasteiger partial charge in [0.15, 0.2) is 0 Å². The summed E-state index contributed by atoms with van der Waals surface area (Å²) in [4.78, 5) is 28.3. The minimum atomic E-state index is -0.650. The molecule has 1 aliphatic rings. The summed E-state index contributed by atoms with van der Waals surface area (Å²) in [6, 6.07) is 6.57. The monoisotopic (exact) mass is 367 g/mol. The lowest BCUT2D eigenvalue weighted by atomic mass is 9.91. The molecule has 1 fully saturated rings. The number of rotatable bonds is 5. The van der Waals surface area contributed by atoms with E-state index in [2.05, 4.69) is 11.6 Å². The molecule has 8 nitrogen and oxygen atoms in total. The van der Waals surface area contributed by atoms with Gasteiger partial charge < -0.3 is 32.2 Å². The number of nitrogens with two attached hydrogens (primary N) is 3. The van der Waals surface area contributed by atoms with Crippen molar-refractivity contribution in [3.8, 4) is 5.75 Å². The Labute approximate surface area is 155 Å². The number of anilines is 1. The fraction of sp³-hybridized carbons (Fsp3) is 0.158. The predicted molar refractivity (Wildman–Crippen MR) is 103 cm³/mol. The molecule has 0 bridgehead atoms. The second-order valence-corrected chi connectivity index (χ2v) is 6.37. The quantitative estimate of drug-likeness (QED) is 0.499. The third-order valence-corrected chi connectivity index (χ3v) is 4.64. The number of amides is 2. The summed E-state index contributed by atoms with van der Waals surface area (Å²) in [6.45, 7) is 4.33. The zero-order chi connectivity index (χ0) is 19.7. The van der Waals surface area contributed by atoms with Crippen LogP contribution in [0.4, 0.5) is 5.82 Å². The number of nitrogen functional groups attached to an aromatic ring is 1. The summed E-state index contributed by atoms with van der Waals surface area (Å²) in [5, 5.41) is 9.95. The molecule has 2 heterocycles. The second kappa shape index (κ2) is 6.91. The summed E-state index contributed by atoms with van der Waals surface area (Å²) in [6.07, 6.45) is 2.76. The number of H-pyrrole nitrogens is 1. The molecule has 0 aliphatic carbocycles. The van der Waals surface area contributed by atoms with Crippen LogP contribution in [0.2, 0.25) is 0 Å². The van der Waals surface area contributed by atoms with E-state index in [1.807, 2.05) is 0 Å². The molecule has 0 saturated carbocycles. The van der Waals surface area contributed by atoms with Crippen LogP contribution in [0.5, 0.6) is 5.75 Å². The van der Waals surface area contributed by atoms with Crippen LogP contribution in [0, 0.1) is 0 Å². The van der Waals surface area contributed by atoms with Crippen LogP contribution in [0.25, 0.3) is 11.8 Å². The Hall–Kier alpha value is -3.68. The molecule has 2 amide bonds. The van der Waals surface area contributed by atoms with Crippen LogP contribution in [0.1, 0.15) is 33.1 Å². The lowest BCUT2D eigenvalue weighted by molar-refractivity contribution is -0.130. The topological polar surface area (TPSA) is 151 Å². The zero-order valence-corrected chi connectivity index (χ0v) is 14.6. The van der Waals surface area contributed by atoms with Crippen molar-refractivity contribution < 1.29 is 14.7 Å². The number of hydrogen-bond acceptors (Lipinski definition) is 5. The maximum atomic E-state index is 12.1. The molecule has 1 aromatic carbocycles. The highest BCUT2D eigenvalue weighted by molar-refractivity contribution is 6.02. The Morgan fingerprint density at radius 2 is 1.93 bits per heavy atom. The standard InChI is InChI=1S/C19H21N5O3/c1-2-15(26)24-8-10(9-24)17-16(19(22)27)12(18(21)23-17)7-13(20)11-5-3-4-6-14(11)25/h2-7,10,23,25H,1,8-9,20-21H2,(H2,22,27)/b13-7-. The fourth-order valence-corrected chi connectivity index (χ4v) is 3.20. The third kappa shape index (κ3) is 3.24. The van der Waals surface area contributed by atoms with E-state index in [0.717, 1.165) is 0 Å². The number of nitrogens with zero attached hydrogens (tertiary/aromatic N) is 1. The number of phenolic OH excluding ortho intramolecular Hbond substituents is 1. The molecule has 0 atom stereocenters. The first-order valence-corrected chi connectivity index (χ1v) is 8.31. The number of carbonyl (C=O) groups excluding carboxylic acids is 2. The van der Waals surface area contributed by atoms with Gasteiger partial charge in [0.1, 0.15) is 11.6 Å². The molecule has 0 unspecified atom stereocenters. The van der Waals surface area contributed by atoms with Crippen LogP contribution < -0.4 is 17.2 Å². The lowest BCUT2D eigenvalue weighted by Crippen LogP contribution is -2.48. The van der Waals surface area contributed by atoms with Crippen LogP contribution >= 0.6 is 0 Å². The van der Waals surface area contributed by atoms with Crippen LogP contribution in [-0.4, -0.2) is 39.9 Å². The van der Waals surface area contributed by atoms with Crippen molar-refractivity contribution in [1.29, 1.82) is 0 Å². The molecule has 0 radical (unpaired) electrons. The Bertz CT molecular complexity index is 954. The predicted octanol–water partition coefficient (Wildman–Crippen LogP) is 0.970. The summed E-state index contributed by atoms with van der Waals surface area (Å²) in [5.41, 5.74) is 19.6. The van der Waals surface area contributed by atoms with E-state index in [0.29, 0.717) is 29.9 Å². The average Bonchev–Trinajstić information content (AvgIpc) is 2.89. The molecule has 2 aromatic rings. The van der Waals surface area contributed by atoms with E-state index < -0.39 is 5.91 Å². The number of hydrogen-bond donors (Lipinski definition) is 5. The van der Waals surface area contributed by atoms with Crippen LogP contribution in [0.3, 0.4) is 0 Å². The fourth-order valence-electron chi connectivity index (χ4n) is 3.20. The van der Waals surface area contributed by atoms with Crippen LogP contribution in [0.15, 0.2) is 36.9 Å². The van der Waals surface area contributed by atoms with Crippen molar-refractivity contribution in [2.24, 2.45) is 11.5 Å². The van der Waals surface area contributed by atoms with Crippen molar-refractivity contribution in [2.45, 2.75) is 5.92 Å². The van der Waals surface area contributed by atoms with Gasteiger partial charge in [-0.05, 0) is 24.3 Å². The van der Waals surface area contributed by atoms with Crippen molar-refractivity contribution in [1.82, 2.24) is 9.88 Å². The molecular weight excluding hydrogens is 346 g/mol. The van der Waals surface area contributed by atoms with Gasteiger partial charge in [-0.2, -0.15) is 0 Å². The number of benzene rings is 1. The average molecular weight is 367 g/mol. The molecule has 8 N–H and O–H groups in total. The smallest absolute Gasteiger partial charge is 0.251 e. The van der Waals surface area contributed by atoms with Gasteiger partial charge in [0.25, 0.3) is 5.91 Å². The van der Waals surface area contributed by atoms with Gasteiger partial charge in [-0.25, -0.2) is 0 Å². The highest BCUT2D eigenvalue weighted by Gasteiger charge is 2.35. The first kappa shape index (κ1) is 18.1. The summed E-state index contributed by atoms with van der Waals surface area (Å²) in [7, 11) is 0. The van der Waals surface area contributed by atoms with Crippen molar-refractivity contribution >= 4 is 29.4 Å². The van der Waals surface area contributed by atoms with E-state index in [1.165, 1.54) is 18.2 Å². The Morgan fingerprint density at radius 1 is 1.26 bits per heavy atom. The van der Waals surface area contributed by atoms with Gasteiger partial charge in [0.2, 0.25) is 5.91 Å². The maximum Gasteiger partial charge on any atom is 0.251 e. The largest absolute Gasteiger partial charge is 0.507 e. The summed E-state index contributed by atoms with van der Waals surface area (Å²) >= 11 is 0. The van der Waals surface area contributed by atoms with Gasteiger partial charge >= 0.3 is 0 Å². The number of likely N-dealkylation sites (tertiary alicyclic amines) is 1. The van der Waals surface area contributed by atoms with Gasteiger partial charge in [-0.15, -0.1) is 0 Å². The molecule has 1 aromatic heterocycles. The number of primary amides is 1. The Kier molecular flexibility index (Phi) is 4.64. The second-order valence-electron chi connectivity index (χ2n) is 6.37. The highest BCUT2D eigenvalue weighted by atomic mass is 16.3. The molecule has 27 heavy (non-hydrogen) atoms. The van der Waals surface area contributed by atoms with E-state index in [4.69, 9.17) is 17.2 Å². The van der Waals surface area contributed by atoms with Crippen molar-refractivity contribution in [3.63, 3.8) is 0 Å². The van der Waals surface area contributed by atoms with Crippen LogP contribution in [-0.2, 0) is 4.79 Å². The number of aromatic amines is 1. The summed E-state index contributed by atoms with van der Waals surface area (Å²) < 4.78 is 0. The molecule has 1 aliphatic heterocycles. The number of nitrogens with one attached hydrogen (secondary N) is 1. The van der Waals surface area contributed by atoms with Gasteiger partial charge in [-0.3, -0.25) is 9.59 Å². The SMILES string of the molecule is C=CC(=O)N1CC(c2[nH]c(N)c(/C=C(\N)c3ccccc3O)c2C(N)=O)C1. The lowest BCUT2D eigenvalue weighted by Gasteiger charge is -2.38. The number of para-hydroxylation sites is 1. The van der Waals surface area contributed by atoms with E-state index in [1.54, 1.807) is 23.1 Å². The Morgan fingerprint density at radius 3 is 2.52 bits per heavy atom. The minimum absolute atomic E-state index is 0.0128. The van der Waals surface area contributed by atoms with Gasteiger partial charge in [0.05, 0.1) is 5.56 Å². The molecular formula is C19H21N5O3. The first-order chi connectivity index (χ1) is 12.8. The Balaban J connectivity index is 1.98. The number of phenols is 1. The normalized spacial score (nSPS) is 14.7. The molecule has 140 valence electrons. The molecule has 0 spiro atoms. The maximum absolute atomic E-state index is 12.1. The molecule has 3 rings (SSSR count). The van der Waals surface area contributed by atoms with Gasteiger partial charge in [0, 0.05) is 41.5 Å². The highest BCUT2D eigenvalue weighted by Crippen LogP contribution is 2.35. The number of aromatic hydroxyl groups is 1. The van der Waals surface area contributed by atoms with Crippen molar-refractivity contribution in [2.75, 3.05) is 18.8 Å². The minimum Gasteiger partial charge on any atom is -0.507 e. The van der Waals surface area contributed by atoms with E-state index >= 15 is 0 Å². The number of carbonyl (C=O) groups is 2. The van der Waals surface area contributed by atoms with Crippen molar-refractivity contribution in [3.05, 3.63) is 59.3 Å². The first-order valence-electron chi connectivity index (χ1n) is 8.31. The summed E-state index contributed by atoms with van der Waals surface area (Å²) in [5.74, 6) is -0.658. The molecule has 8 heteroatoms.